The molecule has 1 saturated carbocycles. The quantitative estimate of drug-likeness (QED) is 0.604. The summed E-state index contributed by atoms with van der Waals surface area (Å²) in [5.74, 6) is -0.669. The van der Waals surface area contributed by atoms with Gasteiger partial charge >= 0.3 is 0 Å². The minimum absolute atomic E-state index is 0.120. The van der Waals surface area contributed by atoms with Crippen LogP contribution in [-0.4, -0.2) is 58.0 Å². The van der Waals surface area contributed by atoms with Gasteiger partial charge in [-0.15, -0.1) is 0 Å². The number of fused-ring (bicyclic) bond motifs is 1. The van der Waals surface area contributed by atoms with Crippen LogP contribution in [0.2, 0.25) is 0 Å². The van der Waals surface area contributed by atoms with Gasteiger partial charge in [0.1, 0.15) is 0 Å². The van der Waals surface area contributed by atoms with Crippen molar-refractivity contribution in [3.8, 4) is 0 Å². The van der Waals surface area contributed by atoms with Gasteiger partial charge in [-0.2, -0.15) is 5.10 Å². The summed E-state index contributed by atoms with van der Waals surface area (Å²) in [6.07, 6.45) is 9.52. The lowest BCUT2D eigenvalue weighted by atomic mass is 9.89. The molecule has 0 saturated heterocycles. The number of amides is 2. The number of hydrogen-bond donors (Lipinski definition) is 3. The van der Waals surface area contributed by atoms with E-state index in [2.05, 4.69) is 31.2 Å². The largest absolute Gasteiger partial charge is 0.381 e. The van der Waals surface area contributed by atoms with Gasteiger partial charge in [0.2, 0.25) is 11.5 Å². The first-order valence-corrected chi connectivity index (χ1v) is 11.3. The van der Waals surface area contributed by atoms with E-state index in [1.807, 2.05) is 17.8 Å². The molecule has 0 aromatic carbocycles. The van der Waals surface area contributed by atoms with Gasteiger partial charge in [0.25, 0.3) is 5.91 Å². The van der Waals surface area contributed by atoms with Gasteiger partial charge in [-0.05, 0) is 19.8 Å². The molecule has 1 fully saturated rings. The monoisotopic (exact) mass is 441 g/mol. The summed E-state index contributed by atoms with van der Waals surface area (Å²) in [5, 5.41) is 18.6. The van der Waals surface area contributed by atoms with Crippen molar-refractivity contribution in [1.29, 1.82) is 0 Å². The molecule has 172 valence electrons. The number of anilines is 1. The van der Waals surface area contributed by atoms with Crippen molar-refractivity contribution in [2.75, 3.05) is 19.4 Å². The van der Waals surface area contributed by atoms with Crippen LogP contribution in [0.1, 0.15) is 57.4 Å². The van der Waals surface area contributed by atoms with Crippen LogP contribution < -0.4 is 16.0 Å². The molecule has 2 aromatic rings. The van der Waals surface area contributed by atoms with Gasteiger partial charge in [0, 0.05) is 44.9 Å². The number of oxime groups is 1. The fourth-order valence-corrected chi connectivity index (χ4v) is 4.58. The van der Waals surface area contributed by atoms with Crippen molar-refractivity contribution < 1.29 is 14.4 Å². The summed E-state index contributed by atoms with van der Waals surface area (Å²) in [6.45, 7) is 2.75. The second-order valence-corrected chi connectivity index (χ2v) is 8.45. The van der Waals surface area contributed by atoms with Gasteiger partial charge in [-0.1, -0.05) is 24.4 Å². The molecular weight excluding hydrogens is 410 g/mol. The summed E-state index contributed by atoms with van der Waals surface area (Å²) < 4.78 is 1.86. The van der Waals surface area contributed by atoms with E-state index >= 15 is 0 Å². The Bertz CT molecular complexity index is 1040. The predicted octanol–water partition coefficient (Wildman–Crippen LogP) is 1.94. The highest BCUT2D eigenvalue weighted by atomic mass is 16.7. The van der Waals surface area contributed by atoms with Crippen molar-refractivity contribution >= 4 is 34.2 Å². The van der Waals surface area contributed by atoms with Gasteiger partial charge < -0.3 is 20.8 Å². The third kappa shape index (κ3) is 4.01. The number of carbonyl (C=O) groups excluding carboxylic acids is 2. The molecule has 3 N–H and O–H groups in total. The Labute approximate surface area is 187 Å². The number of rotatable bonds is 7. The number of aryl methyl sites for hydroxylation is 1. The Morgan fingerprint density at radius 2 is 1.97 bits per heavy atom. The third-order valence-corrected chi connectivity index (χ3v) is 6.38. The molecule has 1 unspecified atom stereocenters. The topological polar surface area (TPSA) is 123 Å². The second kappa shape index (κ2) is 9.13. The normalized spacial score (nSPS) is 21.2. The summed E-state index contributed by atoms with van der Waals surface area (Å²) in [7, 11) is 3.06. The SMILES string of the molecule is CCn1ncc2c(NC3CCCCC3)c(C3=NOC(CC(=O)NC)(C(=O)NC)C3)cnc21. The lowest BCUT2D eigenvalue weighted by Crippen LogP contribution is -2.48. The maximum Gasteiger partial charge on any atom is 0.267 e. The zero-order valence-corrected chi connectivity index (χ0v) is 18.9. The molecule has 0 radical (unpaired) electrons. The molecule has 0 spiro atoms. The average molecular weight is 442 g/mol. The first kappa shape index (κ1) is 22.0. The van der Waals surface area contributed by atoms with Crippen molar-refractivity contribution in [2.45, 2.75) is 70.1 Å². The Hall–Kier alpha value is -3.17. The predicted molar refractivity (Wildman–Crippen MR) is 121 cm³/mol. The van der Waals surface area contributed by atoms with E-state index in [1.54, 1.807) is 6.20 Å². The summed E-state index contributed by atoms with van der Waals surface area (Å²) in [6, 6.07) is 0.357. The van der Waals surface area contributed by atoms with E-state index < -0.39 is 5.60 Å². The first-order valence-electron chi connectivity index (χ1n) is 11.3. The molecular formula is C22H31N7O3. The number of aromatic nitrogens is 3. The summed E-state index contributed by atoms with van der Waals surface area (Å²) >= 11 is 0. The van der Waals surface area contributed by atoms with E-state index in [9.17, 15) is 9.59 Å². The molecule has 10 nitrogen and oxygen atoms in total. The maximum absolute atomic E-state index is 12.7. The van der Waals surface area contributed by atoms with Crippen molar-refractivity contribution in [1.82, 2.24) is 25.4 Å². The fraction of sp³-hybridized carbons (Fsp3) is 0.591. The maximum atomic E-state index is 12.7. The molecule has 1 aliphatic heterocycles. The van der Waals surface area contributed by atoms with Crippen molar-refractivity contribution in [2.24, 2.45) is 5.16 Å². The van der Waals surface area contributed by atoms with E-state index in [0.717, 1.165) is 35.1 Å². The number of hydrogen-bond acceptors (Lipinski definition) is 7. The number of nitrogens with zero attached hydrogens (tertiary/aromatic N) is 4. The minimum Gasteiger partial charge on any atom is -0.381 e. The zero-order chi connectivity index (χ0) is 22.7. The fourth-order valence-electron chi connectivity index (χ4n) is 4.58. The van der Waals surface area contributed by atoms with E-state index in [0.29, 0.717) is 18.3 Å². The molecule has 2 aromatic heterocycles. The Kier molecular flexibility index (Phi) is 6.29. The molecule has 1 atom stereocenters. The number of nitrogens with one attached hydrogen (secondary N) is 3. The van der Waals surface area contributed by atoms with Crippen molar-refractivity contribution in [3.05, 3.63) is 18.0 Å². The zero-order valence-electron chi connectivity index (χ0n) is 18.9. The van der Waals surface area contributed by atoms with Crippen LogP contribution in [0.5, 0.6) is 0 Å². The standard InChI is InChI=1S/C22H31N7O3/c1-4-29-20-16(13-26-29)19(27-14-8-6-5-7-9-14)15(12-25-20)17-10-22(32-28-17,21(31)24-3)11-18(30)23-2/h12-14H,4-11H2,1-3H3,(H,23,30)(H,24,31)(H,25,27). The molecule has 2 amide bonds. The van der Waals surface area contributed by atoms with Gasteiger partial charge in [-0.3, -0.25) is 9.59 Å². The smallest absolute Gasteiger partial charge is 0.267 e. The molecule has 0 bridgehead atoms. The van der Waals surface area contributed by atoms with E-state index in [4.69, 9.17) is 4.84 Å². The van der Waals surface area contributed by atoms with Crippen LogP contribution in [0.15, 0.2) is 17.5 Å². The van der Waals surface area contributed by atoms with Crippen LogP contribution >= 0.6 is 0 Å². The number of pyridine rings is 1. The Morgan fingerprint density at radius 1 is 1.19 bits per heavy atom. The average Bonchev–Trinajstić information content (AvgIpc) is 3.44. The minimum atomic E-state index is -1.38. The van der Waals surface area contributed by atoms with Crippen LogP contribution in [0.4, 0.5) is 5.69 Å². The van der Waals surface area contributed by atoms with Crippen LogP contribution in [0.25, 0.3) is 11.0 Å². The van der Waals surface area contributed by atoms with Gasteiger partial charge in [0.05, 0.1) is 29.4 Å². The Morgan fingerprint density at radius 3 is 2.66 bits per heavy atom. The lowest BCUT2D eigenvalue weighted by molar-refractivity contribution is -0.149. The van der Waals surface area contributed by atoms with Crippen LogP contribution in [0.3, 0.4) is 0 Å². The highest BCUT2D eigenvalue weighted by Crippen LogP contribution is 2.36. The molecule has 3 heterocycles. The van der Waals surface area contributed by atoms with Crippen molar-refractivity contribution in [3.63, 3.8) is 0 Å². The van der Waals surface area contributed by atoms with Gasteiger partial charge in [0.15, 0.2) is 5.65 Å². The molecule has 10 heteroatoms. The van der Waals surface area contributed by atoms with E-state index in [1.165, 1.54) is 33.4 Å². The molecule has 32 heavy (non-hydrogen) atoms. The molecule has 2 aliphatic rings. The lowest BCUT2D eigenvalue weighted by Gasteiger charge is -2.26. The summed E-state index contributed by atoms with van der Waals surface area (Å²) in [5.41, 5.74) is 1.71. The Balaban J connectivity index is 1.72. The van der Waals surface area contributed by atoms with Gasteiger partial charge in [-0.25, -0.2) is 9.67 Å². The number of carbonyl (C=O) groups is 2. The highest BCUT2D eigenvalue weighted by Gasteiger charge is 2.48. The van der Waals surface area contributed by atoms with Crippen LogP contribution in [-0.2, 0) is 21.0 Å². The first-order chi connectivity index (χ1) is 15.5. The third-order valence-electron chi connectivity index (χ3n) is 6.38. The molecule has 1 aliphatic carbocycles. The second-order valence-electron chi connectivity index (χ2n) is 8.45. The van der Waals surface area contributed by atoms with E-state index in [-0.39, 0.29) is 24.7 Å². The molecule has 4 rings (SSSR count). The van der Waals surface area contributed by atoms with Crippen LogP contribution in [0, 0.1) is 0 Å². The summed E-state index contributed by atoms with van der Waals surface area (Å²) in [4.78, 5) is 35.1. The highest BCUT2D eigenvalue weighted by molar-refractivity contribution is 6.13. The number of likely N-dealkylation sites (N-methyl/N-ethyl adjacent to an activating group) is 1.